The van der Waals surface area contributed by atoms with Crippen molar-refractivity contribution in [2.75, 3.05) is 11.9 Å². The Hall–Kier alpha value is -2.97. The maximum atomic E-state index is 11.6. The van der Waals surface area contributed by atoms with E-state index in [4.69, 9.17) is 4.74 Å². The molecule has 9 nitrogen and oxygen atoms in total. The molecule has 1 aliphatic heterocycles. The second-order valence-corrected chi connectivity index (χ2v) is 4.62. The van der Waals surface area contributed by atoms with E-state index >= 15 is 0 Å². The van der Waals surface area contributed by atoms with Crippen molar-refractivity contribution in [1.29, 1.82) is 0 Å². The van der Waals surface area contributed by atoms with Crippen LogP contribution in [-0.2, 0) is 19.1 Å². The summed E-state index contributed by atoms with van der Waals surface area (Å²) in [5.74, 6) is -1.54. The highest BCUT2D eigenvalue weighted by Gasteiger charge is 2.28. The molecule has 9 heteroatoms. The molecule has 22 heavy (non-hydrogen) atoms. The van der Waals surface area contributed by atoms with E-state index in [0.29, 0.717) is 6.42 Å². The number of nitro benzene ring substituents is 1. The molecule has 0 aliphatic carbocycles. The minimum atomic E-state index is -0.724. The molecule has 0 spiro atoms. The molecule has 0 saturated carbocycles. The summed E-state index contributed by atoms with van der Waals surface area (Å²) in [4.78, 5) is 44.2. The van der Waals surface area contributed by atoms with Crippen molar-refractivity contribution in [2.24, 2.45) is 0 Å². The van der Waals surface area contributed by atoms with Crippen LogP contribution in [0.4, 0.5) is 11.4 Å². The van der Waals surface area contributed by atoms with E-state index in [1.165, 1.54) is 24.3 Å². The number of benzene rings is 1. The predicted molar refractivity (Wildman–Crippen MR) is 73.8 cm³/mol. The van der Waals surface area contributed by atoms with E-state index in [-0.39, 0.29) is 23.7 Å². The molecule has 0 bridgehead atoms. The van der Waals surface area contributed by atoms with Gasteiger partial charge in [0.15, 0.2) is 6.61 Å². The largest absolute Gasteiger partial charge is 0.454 e. The van der Waals surface area contributed by atoms with Crippen molar-refractivity contribution >= 4 is 29.2 Å². The van der Waals surface area contributed by atoms with Crippen LogP contribution in [0.2, 0.25) is 0 Å². The number of esters is 1. The Morgan fingerprint density at radius 3 is 2.86 bits per heavy atom. The number of nitrogens with one attached hydrogen (secondary N) is 2. The fourth-order valence-electron chi connectivity index (χ4n) is 1.92. The first-order valence-corrected chi connectivity index (χ1v) is 6.46. The molecular weight excluding hydrogens is 294 g/mol. The van der Waals surface area contributed by atoms with Gasteiger partial charge < -0.3 is 15.4 Å². The first-order chi connectivity index (χ1) is 10.5. The maximum Gasteiger partial charge on any atom is 0.329 e. The van der Waals surface area contributed by atoms with Gasteiger partial charge in [0.25, 0.3) is 11.6 Å². The summed E-state index contributed by atoms with van der Waals surface area (Å²) in [5, 5.41) is 15.4. The first kappa shape index (κ1) is 15.4. The molecule has 2 rings (SSSR count). The van der Waals surface area contributed by atoms with Crippen LogP contribution >= 0.6 is 0 Å². The van der Waals surface area contributed by atoms with Gasteiger partial charge in [-0.05, 0) is 12.5 Å². The summed E-state index contributed by atoms with van der Waals surface area (Å²) in [6.45, 7) is -0.534. The zero-order chi connectivity index (χ0) is 16.1. The van der Waals surface area contributed by atoms with Crippen LogP contribution in [-0.4, -0.2) is 35.4 Å². The van der Waals surface area contributed by atoms with Gasteiger partial charge in [-0.3, -0.25) is 19.7 Å². The van der Waals surface area contributed by atoms with Gasteiger partial charge in [0, 0.05) is 24.2 Å². The van der Waals surface area contributed by atoms with Crippen LogP contribution < -0.4 is 10.6 Å². The molecule has 1 fully saturated rings. The predicted octanol–water partition coefficient (Wildman–Crippen LogP) is 0.355. The number of carbonyl (C=O) groups excluding carboxylic acids is 3. The van der Waals surface area contributed by atoms with Crippen LogP contribution in [0.5, 0.6) is 0 Å². The average Bonchev–Trinajstić information content (AvgIpc) is 2.91. The van der Waals surface area contributed by atoms with E-state index in [9.17, 15) is 24.5 Å². The molecule has 116 valence electrons. The second kappa shape index (κ2) is 6.66. The zero-order valence-electron chi connectivity index (χ0n) is 11.4. The highest BCUT2D eigenvalue weighted by Crippen LogP contribution is 2.16. The van der Waals surface area contributed by atoms with Crippen molar-refractivity contribution in [1.82, 2.24) is 5.32 Å². The number of nitro groups is 1. The quantitative estimate of drug-likeness (QED) is 0.459. The Bertz CT molecular complexity index is 630. The summed E-state index contributed by atoms with van der Waals surface area (Å²) in [6, 6.07) is 4.66. The normalized spacial score (nSPS) is 16.7. The highest BCUT2D eigenvalue weighted by atomic mass is 16.6. The summed E-state index contributed by atoms with van der Waals surface area (Å²) in [7, 11) is 0. The van der Waals surface area contributed by atoms with E-state index in [1.54, 1.807) is 0 Å². The number of carbonyl (C=O) groups is 3. The van der Waals surface area contributed by atoms with Crippen molar-refractivity contribution < 1.29 is 24.0 Å². The number of rotatable bonds is 5. The Balaban J connectivity index is 1.83. The number of amides is 2. The molecule has 1 aromatic carbocycles. The monoisotopic (exact) mass is 307 g/mol. The number of hydrogen-bond donors (Lipinski definition) is 2. The first-order valence-electron chi connectivity index (χ1n) is 6.46. The zero-order valence-corrected chi connectivity index (χ0v) is 11.4. The Labute approximate surface area is 124 Å². The van der Waals surface area contributed by atoms with Crippen LogP contribution in [0.1, 0.15) is 12.8 Å². The third-order valence-corrected chi connectivity index (χ3v) is 2.97. The third kappa shape index (κ3) is 4.01. The molecule has 1 aromatic rings. The summed E-state index contributed by atoms with van der Waals surface area (Å²) in [6.07, 6.45) is 0.587. The Morgan fingerprint density at radius 1 is 1.45 bits per heavy atom. The van der Waals surface area contributed by atoms with Crippen LogP contribution in [0.15, 0.2) is 24.3 Å². The lowest BCUT2D eigenvalue weighted by molar-refractivity contribution is -0.384. The standard InChI is InChI=1S/C13H13N3O6/c17-11-5-4-10(15-11)13(19)22-7-12(18)14-8-2-1-3-9(6-8)16(20)21/h1-3,6,10H,4-5,7H2,(H,14,18)(H,15,17)/t10-/m1/s1. The number of nitrogens with zero attached hydrogens (tertiary/aromatic N) is 1. The maximum absolute atomic E-state index is 11.6. The molecule has 1 aliphatic rings. The minimum absolute atomic E-state index is 0.163. The van der Waals surface area contributed by atoms with E-state index in [2.05, 4.69) is 10.6 Å². The third-order valence-electron chi connectivity index (χ3n) is 2.97. The second-order valence-electron chi connectivity index (χ2n) is 4.62. The van der Waals surface area contributed by atoms with Gasteiger partial charge in [-0.2, -0.15) is 0 Å². The van der Waals surface area contributed by atoms with E-state index in [1.807, 2.05) is 0 Å². The number of non-ortho nitro benzene ring substituents is 1. The van der Waals surface area contributed by atoms with Crippen LogP contribution in [0.25, 0.3) is 0 Å². The lowest BCUT2D eigenvalue weighted by atomic mass is 10.2. The lowest BCUT2D eigenvalue weighted by Crippen LogP contribution is -2.36. The molecule has 0 unspecified atom stereocenters. The SMILES string of the molecule is O=C(COC(=O)[C@H]1CCC(=O)N1)Nc1cccc([N+](=O)[O-])c1. The Morgan fingerprint density at radius 2 is 2.23 bits per heavy atom. The molecule has 0 aromatic heterocycles. The fraction of sp³-hybridized carbons (Fsp3) is 0.308. The average molecular weight is 307 g/mol. The minimum Gasteiger partial charge on any atom is -0.454 e. The van der Waals surface area contributed by atoms with Gasteiger partial charge >= 0.3 is 5.97 Å². The molecule has 1 saturated heterocycles. The summed E-state index contributed by atoms with van der Waals surface area (Å²) >= 11 is 0. The van der Waals surface area contributed by atoms with Crippen LogP contribution in [0, 0.1) is 10.1 Å². The lowest BCUT2D eigenvalue weighted by Gasteiger charge is -2.10. The number of ether oxygens (including phenoxy) is 1. The van der Waals surface area contributed by atoms with Crippen molar-refractivity contribution in [2.45, 2.75) is 18.9 Å². The van der Waals surface area contributed by atoms with Gasteiger partial charge in [-0.1, -0.05) is 6.07 Å². The summed E-state index contributed by atoms with van der Waals surface area (Å²) < 4.78 is 4.79. The molecule has 1 atom stereocenters. The topological polar surface area (TPSA) is 128 Å². The molecule has 1 heterocycles. The van der Waals surface area contributed by atoms with Gasteiger partial charge in [0.2, 0.25) is 5.91 Å². The number of anilines is 1. The smallest absolute Gasteiger partial charge is 0.329 e. The van der Waals surface area contributed by atoms with Crippen molar-refractivity contribution in [3.05, 3.63) is 34.4 Å². The summed E-state index contributed by atoms with van der Waals surface area (Å²) in [5.41, 5.74) is 0.0629. The van der Waals surface area contributed by atoms with Gasteiger partial charge in [0.1, 0.15) is 6.04 Å². The van der Waals surface area contributed by atoms with Crippen molar-refractivity contribution in [3.8, 4) is 0 Å². The van der Waals surface area contributed by atoms with E-state index in [0.717, 1.165) is 0 Å². The highest BCUT2D eigenvalue weighted by molar-refractivity contribution is 5.94. The Kier molecular flexibility index (Phi) is 4.66. The number of hydrogen-bond acceptors (Lipinski definition) is 6. The van der Waals surface area contributed by atoms with Gasteiger partial charge in [0.05, 0.1) is 4.92 Å². The van der Waals surface area contributed by atoms with Crippen LogP contribution in [0.3, 0.4) is 0 Å². The fourth-order valence-corrected chi connectivity index (χ4v) is 1.92. The van der Waals surface area contributed by atoms with E-state index < -0.39 is 29.4 Å². The molecule has 2 amide bonds. The molecular formula is C13H13N3O6. The molecule has 0 radical (unpaired) electrons. The molecule has 2 N–H and O–H groups in total. The van der Waals surface area contributed by atoms with Gasteiger partial charge in [-0.25, -0.2) is 4.79 Å². The van der Waals surface area contributed by atoms with Crippen molar-refractivity contribution in [3.63, 3.8) is 0 Å². The van der Waals surface area contributed by atoms with Gasteiger partial charge in [-0.15, -0.1) is 0 Å².